The number of carbonyl (C=O) groups excluding carboxylic acids is 1. The van der Waals surface area contributed by atoms with E-state index in [4.69, 9.17) is 9.47 Å². The minimum absolute atomic E-state index is 0.0478. The van der Waals surface area contributed by atoms with Gasteiger partial charge in [-0.15, -0.1) is 11.8 Å². The highest BCUT2D eigenvalue weighted by molar-refractivity contribution is 7.99. The van der Waals surface area contributed by atoms with Crippen molar-refractivity contribution in [2.45, 2.75) is 5.37 Å². The molecule has 0 aromatic heterocycles. The van der Waals surface area contributed by atoms with Gasteiger partial charge in [0.15, 0.2) is 11.5 Å². The van der Waals surface area contributed by atoms with Gasteiger partial charge in [0.25, 0.3) is 5.91 Å². The number of amides is 1. The van der Waals surface area contributed by atoms with Gasteiger partial charge in [0.05, 0.1) is 14.2 Å². The van der Waals surface area contributed by atoms with Crippen molar-refractivity contribution in [3.63, 3.8) is 0 Å². The van der Waals surface area contributed by atoms with Gasteiger partial charge in [-0.2, -0.15) is 0 Å². The van der Waals surface area contributed by atoms with Gasteiger partial charge in [0.2, 0.25) is 0 Å². The first-order chi connectivity index (χ1) is 13.2. The molecular formula is C22H21NO3S. The maximum Gasteiger partial charge on any atom is 0.255 e. The van der Waals surface area contributed by atoms with E-state index in [0.717, 1.165) is 27.7 Å². The molecule has 0 spiro atoms. The topological polar surface area (TPSA) is 38.8 Å². The molecular weight excluding hydrogens is 358 g/mol. The van der Waals surface area contributed by atoms with E-state index in [1.807, 2.05) is 65.6 Å². The second-order valence-electron chi connectivity index (χ2n) is 6.33. The molecule has 5 heteroatoms. The third-order valence-corrected chi connectivity index (χ3v) is 6.11. The van der Waals surface area contributed by atoms with Crippen LogP contribution in [-0.2, 0) is 0 Å². The summed E-state index contributed by atoms with van der Waals surface area (Å²) in [5.74, 6) is 2.31. The molecule has 4 rings (SSSR count). The SMILES string of the molecule is COc1cccc([C@H]2SCCN2C(=O)c2cccc3ccccc23)c1OC. The maximum atomic E-state index is 13.4. The third kappa shape index (κ3) is 3.12. The van der Waals surface area contributed by atoms with Crippen molar-refractivity contribution in [3.8, 4) is 11.5 Å². The van der Waals surface area contributed by atoms with Crippen molar-refractivity contribution < 1.29 is 14.3 Å². The van der Waals surface area contributed by atoms with Gasteiger partial charge in [-0.25, -0.2) is 0 Å². The highest BCUT2D eigenvalue weighted by Gasteiger charge is 2.34. The lowest BCUT2D eigenvalue weighted by atomic mass is 10.0. The Hall–Kier alpha value is -2.66. The van der Waals surface area contributed by atoms with Crippen LogP contribution in [0.2, 0.25) is 0 Å². The monoisotopic (exact) mass is 379 g/mol. The Labute approximate surface area is 163 Å². The number of thioether (sulfide) groups is 1. The molecule has 1 amide bonds. The molecule has 3 aromatic rings. The molecule has 0 radical (unpaired) electrons. The van der Waals surface area contributed by atoms with Gasteiger partial charge < -0.3 is 14.4 Å². The molecule has 0 N–H and O–H groups in total. The summed E-state index contributed by atoms with van der Waals surface area (Å²) in [7, 11) is 3.26. The predicted octanol–water partition coefficient (Wildman–Crippen LogP) is 4.74. The highest BCUT2D eigenvalue weighted by Crippen LogP contribution is 2.45. The molecule has 0 aliphatic carbocycles. The third-order valence-electron chi connectivity index (χ3n) is 4.87. The van der Waals surface area contributed by atoms with Crippen LogP contribution in [-0.4, -0.2) is 37.3 Å². The van der Waals surface area contributed by atoms with Crippen molar-refractivity contribution in [2.75, 3.05) is 26.5 Å². The van der Waals surface area contributed by atoms with Gasteiger partial charge in [0, 0.05) is 23.4 Å². The Kier molecular flexibility index (Phi) is 4.94. The van der Waals surface area contributed by atoms with Crippen LogP contribution in [0.1, 0.15) is 21.3 Å². The molecule has 0 saturated carbocycles. The van der Waals surface area contributed by atoms with Crippen molar-refractivity contribution in [1.29, 1.82) is 0 Å². The van der Waals surface area contributed by atoms with Gasteiger partial charge in [-0.05, 0) is 22.9 Å². The van der Waals surface area contributed by atoms with Crippen LogP contribution in [0.15, 0.2) is 60.7 Å². The smallest absolute Gasteiger partial charge is 0.255 e. The molecule has 0 bridgehead atoms. The zero-order valence-electron chi connectivity index (χ0n) is 15.3. The molecule has 1 saturated heterocycles. The molecule has 1 heterocycles. The van der Waals surface area contributed by atoms with E-state index in [2.05, 4.69) is 0 Å². The van der Waals surface area contributed by atoms with E-state index in [0.29, 0.717) is 18.0 Å². The number of fused-ring (bicyclic) bond motifs is 1. The first-order valence-electron chi connectivity index (χ1n) is 8.86. The van der Waals surface area contributed by atoms with E-state index >= 15 is 0 Å². The molecule has 27 heavy (non-hydrogen) atoms. The Morgan fingerprint density at radius 2 is 1.78 bits per heavy atom. The van der Waals surface area contributed by atoms with Crippen LogP contribution in [0.3, 0.4) is 0 Å². The Balaban J connectivity index is 1.75. The maximum absolute atomic E-state index is 13.4. The zero-order valence-corrected chi connectivity index (χ0v) is 16.2. The number of benzene rings is 3. The number of methoxy groups -OCH3 is 2. The normalized spacial score (nSPS) is 16.5. The number of nitrogens with zero attached hydrogens (tertiary/aromatic N) is 1. The van der Waals surface area contributed by atoms with Gasteiger partial charge in [0.1, 0.15) is 5.37 Å². The van der Waals surface area contributed by atoms with Gasteiger partial charge in [-0.3, -0.25) is 4.79 Å². The molecule has 1 atom stereocenters. The van der Waals surface area contributed by atoms with E-state index in [-0.39, 0.29) is 11.3 Å². The summed E-state index contributed by atoms with van der Waals surface area (Å²) in [5.41, 5.74) is 1.70. The number of hydrogen-bond donors (Lipinski definition) is 0. The van der Waals surface area contributed by atoms with Crippen molar-refractivity contribution in [2.24, 2.45) is 0 Å². The lowest BCUT2D eigenvalue weighted by Crippen LogP contribution is -2.30. The molecule has 0 unspecified atom stereocenters. The van der Waals surface area contributed by atoms with Crippen LogP contribution in [0.4, 0.5) is 0 Å². The minimum Gasteiger partial charge on any atom is -0.493 e. The quantitative estimate of drug-likeness (QED) is 0.656. The molecule has 1 aliphatic rings. The fraction of sp³-hybridized carbons (Fsp3) is 0.227. The lowest BCUT2D eigenvalue weighted by Gasteiger charge is -2.26. The second-order valence-corrected chi connectivity index (χ2v) is 7.52. The summed E-state index contributed by atoms with van der Waals surface area (Å²) < 4.78 is 11.0. The summed E-state index contributed by atoms with van der Waals surface area (Å²) in [6.07, 6.45) is 0. The van der Waals surface area contributed by atoms with Gasteiger partial charge in [-0.1, -0.05) is 48.5 Å². The number of carbonyl (C=O) groups is 1. The lowest BCUT2D eigenvalue weighted by molar-refractivity contribution is 0.0761. The van der Waals surface area contributed by atoms with E-state index in [1.165, 1.54) is 0 Å². The summed E-state index contributed by atoms with van der Waals surface area (Å²) >= 11 is 1.75. The van der Waals surface area contributed by atoms with E-state index < -0.39 is 0 Å². The average molecular weight is 379 g/mol. The summed E-state index contributed by atoms with van der Waals surface area (Å²) in [4.78, 5) is 15.4. The summed E-state index contributed by atoms with van der Waals surface area (Å²) in [6.45, 7) is 0.706. The summed E-state index contributed by atoms with van der Waals surface area (Å²) in [5, 5.41) is 1.96. The first-order valence-corrected chi connectivity index (χ1v) is 9.90. The minimum atomic E-state index is -0.0958. The highest BCUT2D eigenvalue weighted by atomic mass is 32.2. The van der Waals surface area contributed by atoms with Crippen LogP contribution in [0.25, 0.3) is 10.8 Å². The van der Waals surface area contributed by atoms with Crippen molar-refractivity contribution in [3.05, 3.63) is 71.8 Å². The largest absolute Gasteiger partial charge is 0.493 e. The zero-order chi connectivity index (χ0) is 18.8. The first kappa shape index (κ1) is 17.7. The van der Waals surface area contributed by atoms with Crippen molar-refractivity contribution in [1.82, 2.24) is 4.90 Å². The molecule has 3 aromatic carbocycles. The van der Waals surface area contributed by atoms with E-state index in [1.54, 1.807) is 26.0 Å². The number of rotatable bonds is 4. The number of para-hydroxylation sites is 1. The Morgan fingerprint density at radius 1 is 1.00 bits per heavy atom. The van der Waals surface area contributed by atoms with E-state index in [9.17, 15) is 4.79 Å². The summed E-state index contributed by atoms with van der Waals surface area (Å²) in [6, 6.07) is 19.7. The average Bonchev–Trinajstić information content (AvgIpc) is 3.21. The Bertz CT molecular complexity index is 983. The van der Waals surface area contributed by atoms with Crippen molar-refractivity contribution >= 4 is 28.4 Å². The van der Waals surface area contributed by atoms with Crippen LogP contribution < -0.4 is 9.47 Å². The van der Waals surface area contributed by atoms with Crippen LogP contribution in [0, 0.1) is 0 Å². The predicted molar refractivity (Wildman–Crippen MR) is 110 cm³/mol. The second kappa shape index (κ2) is 7.53. The fourth-order valence-electron chi connectivity index (χ4n) is 3.61. The molecule has 138 valence electrons. The molecule has 1 fully saturated rings. The Morgan fingerprint density at radius 3 is 2.59 bits per heavy atom. The van der Waals surface area contributed by atoms with Crippen LogP contribution >= 0.6 is 11.8 Å². The molecule has 4 nitrogen and oxygen atoms in total. The number of ether oxygens (including phenoxy) is 2. The van der Waals surface area contributed by atoms with Gasteiger partial charge >= 0.3 is 0 Å². The standard InChI is InChI=1S/C22H21NO3S/c1-25-19-12-6-11-18(20(19)26-2)22-23(13-14-27-22)21(24)17-10-5-8-15-7-3-4-9-16(15)17/h3-12,22H,13-14H2,1-2H3/t22-/m1/s1. The number of hydrogen-bond acceptors (Lipinski definition) is 4. The fourth-order valence-corrected chi connectivity index (χ4v) is 4.88. The van der Waals surface area contributed by atoms with Crippen LogP contribution in [0.5, 0.6) is 11.5 Å². The molecule has 1 aliphatic heterocycles.